The van der Waals surface area contributed by atoms with Crippen LogP contribution in [-0.4, -0.2) is 48.8 Å². The Morgan fingerprint density at radius 3 is 1.98 bits per heavy atom. The van der Waals surface area contributed by atoms with Gasteiger partial charge in [-0.3, -0.25) is 38.8 Å². The number of carbonyl (C=O) groups excluding carboxylic acids is 3. The van der Waals surface area contributed by atoms with Gasteiger partial charge in [0.15, 0.2) is 17.3 Å². The maximum atomic E-state index is 12.3. The number of ether oxygens (including phenoxy) is 1. The molecule has 2 N–H and O–H groups in total. The van der Waals surface area contributed by atoms with Crippen LogP contribution in [0.1, 0.15) is 49.0 Å². The van der Waals surface area contributed by atoms with E-state index in [-0.39, 0.29) is 170 Å². The second-order valence-electron chi connectivity index (χ2n) is 7.97. The van der Waals surface area contributed by atoms with Crippen molar-refractivity contribution in [2.45, 2.75) is 53.6 Å². The Bertz CT molecular complexity index is 1380. The molecule has 1 aliphatic heterocycles. The Balaban J connectivity index is -0.000000324. The van der Waals surface area contributed by atoms with Crippen LogP contribution in [0, 0.1) is 10.1 Å². The Morgan fingerprint density at radius 2 is 1.60 bits per heavy atom. The second-order valence-corrected chi connectivity index (χ2v) is 8.79. The average molecular weight is 686 g/mol. The van der Waals surface area contributed by atoms with Crippen molar-refractivity contribution in [2.24, 2.45) is 0 Å². The van der Waals surface area contributed by atoms with Gasteiger partial charge in [-0.15, -0.1) is 0 Å². The fourth-order valence-corrected chi connectivity index (χ4v) is 3.56. The number of nitro groups is 1. The van der Waals surface area contributed by atoms with E-state index in [0.29, 0.717) is 0 Å². The Morgan fingerprint density at radius 1 is 1.10 bits per heavy atom. The first-order valence-electron chi connectivity index (χ1n) is 10.8. The molecular formula is C23H28Cl2K2N4O11. The van der Waals surface area contributed by atoms with Crippen molar-refractivity contribution in [3.8, 4) is 11.5 Å². The molecule has 222 valence electrons. The predicted molar refractivity (Wildman–Crippen MR) is 142 cm³/mol. The number of imide groups is 1. The van der Waals surface area contributed by atoms with E-state index in [1.54, 1.807) is 27.7 Å². The van der Waals surface area contributed by atoms with Crippen molar-refractivity contribution in [2.75, 3.05) is 0 Å². The molecule has 2 heterocycles. The molecule has 15 nitrogen and oxygen atoms in total. The van der Waals surface area contributed by atoms with Gasteiger partial charge in [0.2, 0.25) is 5.91 Å². The van der Waals surface area contributed by atoms with Crippen LogP contribution in [0.15, 0.2) is 39.8 Å². The number of benzene rings is 1. The molecule has 0 bridgehead atoms. The van der Waals surface area contributed by atoms with Gasteiger partial charge >= 0.3 is 108 Å². The summed E-state index contributed by atoms with van der Waals surface area (Å²) >= 11 is 11.9. The van der Waals surface area contributed by atoms with Crippen molar-refractivity contribution >= 4 is 47.2 Å². The number of nitrogens with one attached hydrogen (secondary N) is 1. The number of carbonyl (C=O) groups is 3. The van der Waals surface area contributed by atoms with Gasteiger partial charge in [0.1, 0.15) is 0 Å². The van der Waals surface area contributed by atoms with Crippen molar-refractivity contribution in [1.29, 1.82) is 0 Å². The molecule has 1 aromatic carbocycles. The molecule has 0 atom stereocenters. The van der Waals surface area contributed by atoms with Gasteiger partial charge in [0, 0.05) is 30.6 Å². The summed E-state index contributed by atoms with van der Waals surface area (Å²) in [5.41, 5.74) is -1.46. The van der Waals surface area contributed by atoms with Gasteiger partial charge in [0.25, 0.3) is 23.6 Å². The largest absolute Gasteiger partial charge is 1.00 e. The van der Waals surface area contributed by atoms with E-state index >= 15 is 0 Å². The Hall–Kier alpha value is -0.937. The van der Waals surface area contributed by atoms with Crippen LogP contribution < -0.4 is 124 Å². The van der Waals surface area contributed by atoms with Crippen molar-refractivity contribution in [3.05, 3.63) is 71.2 Å². The van der Waals surface area contributed by atoms with E-state index < -0.39 is 27.8 Å². The van der Waals surface area contributed by atoms with Crippen molar-refractivity contribution < 1.29 is 143 Å². The summed E-state index contributed by atoms with van der Waals surface area (Å²) in [5, 5.41) is 27.9. The number of aromatic nitrogens is 2. The number of nitro benzene ring substituents is 1. The minimum absolute atomic E-state index is 0. The van der Waals surface area contributed by atoms with E-state index in [2.05, 4.69) is 9.87 Å². The number of aromatic amines is 1. The van der Waals surface area contributed by atoms with Crippen LogP contribution >= 0.6 is 23.2 Å². The summed E-state index contributed by atoms with van der Waals surface area (Å²) in [4.78, 5) is 70.9. The fourth-order valence-electron chi connectivity index (χ4n) is 3.01. The van der Waals surface area contributed by atoms with Crippen LogP contribution in [-0.2, 0) is 19.3 Å². The number of aromatic hydroxyl groups is 1. The van der Waals surface area contributed by atoms with Crippen molar-refractivity contribution in [3.63, 3.8) is 0 Å². The number of H-pyrrole nitrogens is 1. The van der Waals surface area contributed by atoms with E-state index in [4.69, 9.17) is 43.1 Å². The maximum absolute atomic E-state index is 12.3. The van der Waals surface area contributed by atoms with Gasteiger partial charge in [-0.1, -0.05) is 30.6 Å². The average Bonchev–Trinajstić information content (AvgIpc) is 2.85. The molecule has 1 aromatic heterocycles. The summed E-state index contributed by atoms with van der Waals surface area (Å²) < 4.78 is 6.38. The summed E-state index contributed by atoms with van der Waals surface area (Å²) in [5.74, 6) is -1.56. The third-order valence-electron chi connectivity index (χ3n) is 4.63. The number of hydrogen-bond acceptors (Lipinski definition) is 11. The molecule has 42 heavy (non-hydrogen) atoms. The SMILES string of the molecule is C.CC(C)N1C(=O)CC=C(Oc2c(Cl)cc([N+](=O)[O-])cc2Cl)C1=O.CC(C)n1c(=O)[nH]cc(O)c1=O.O=CO[O-].[H-].[K+].[K+]. The first-order chi connectivity index (χ1) is 18.2. The number of hydrogen-bond donors (Lipinski definition) is 2. The van der Waals surface area contributed by atoms with E-state index in [9.17, 15) is 29.3 Å². The maximum Gasteiger partial charge on any atom is 1.00 e. The summed E-state index contributed by atoms with van der Waals surface area (Å²) in [6.45, 7) is 6.60. The minimum atomic E-state index is -0.659. The van der Waals surface area contributed by atoms with Crippen LogP contribution in [0.5, 0.6) is 11.5 Å². The zero-order chi connectivity index (χ0) is 30.0. The minimum Gasteiger partial charge on any atom is -1.00 e. The zero-order valence-electron chi connectivity index (χ0n) is 23.9. The quantitative estimate of drug-likeness (QED) is 0.0755. The number of amides is 2. The van der Waals surface area contributed by atoms with Gasteiger partial charge in [-0.2, -0.15) is 0 Å². The summed E-state index contributed by atoms with van der Waals surface area (Å²) in [7, 11) is 0. The first kappa shape index (κ1) is 45.5. The van der Waals surface area contributed by atoms with Crippen LogP contribution in [0.3, 0.4) is 0 Å². The standard InChI is InChI=1S/C14H12Cl2N2O5.C7H10N2O3.CH2O3.CH4.2K.H/c1-7(2)17-12(19)4-3-11(14(17)20)23-13-9(15)5-8(18(21)22)6-10(13)16;1-4(2)9-6(11)5(10)3-8-7(9)12;2-1-4-3;;;;/h3,5-7H,4H2,1-2H3;3-4,10H,1-2H3,(H,8,12);1,3H;1H4;;;/q;;;;2*+1;-1/p-1. The number of rotatable bonds is 6. The molecular weight excluding hydrogens is 657 g/mol. The van der Waals surface area contributed by atoms with Gasteiger partial charge < -0.3 is 26.4 Å². The molecule has 0 saturated heterocycles. The topological polar surface area (TPSA) is 214 Å². The second kappa shape index (κ2) is 21.7. The normalized spacial score (nSPS) is 11.7. The number of non-ortho nitro benzene ring substituents is 1. The van der Waals surface area contributed by atoms with E-state index in [0.717, 1.165) is 27.8 Å². The molecule has 2 aromatic rings. The van der Waals surface area contributed by atoms with Gasteiger partial charge in [-0.05, 0) is 33.8 Å². The van der Waals surface area contributed by atoms with Crippen molar-refractivity contribution in [1.82, 2.24) is 14.5 Å². The summed E-state index contributed by atoms with van der Waals surface area (Å²) in [6.07, 6.45) is 2.32. The molecule has 0 saturated carbocycles. The molecule has 2 amide bonds. The Labute approximate surface area is 336 Å². The fraction of sp³-hybridized carbons (Fsp3) is 0.348. The molecule has 3 rings (SSSR count). The van der Waals surface area contributed by atoms with Crippen LogP contribution in [0.25, 0.3) is 0 Å². The van der Waals surface area contributed by atoms with Gasteiger partial charge in [-0.25, -0.2) is 4.79 Å². The molecule has 0 radical (unpaired) electrons. The predicted octanol–water partition coefficient (Wildman–Crippen LogP) is -3.65. The number of nitrogens with zero attached hydrogens (tertiary/aromatic N) is 3. The zero-order valence-corrected chi connectivity index (χ0v) is 30.6. The van der Waals surface area contributed by atoms with E-state index in [1.807, 2.05) is 0 Å². The third-order valence-corrected chi connectivity index (χ3v) is 5.19. The molecule has 19 heteroatoms. The monoisotopic (exact) mass is 684 g/mol. The first-order valence-corrected chi connectivity index (χ1v) is 11.6. The van der Waals surface area contributed by atoms with Crippen LogP contribution in [0.2, 0.25) is 10.0 Å². The molecule has 0 spiro atoms. The Kier molecular flexibility index (Phi) is 23.5. The molecule has 0 aliphatic carbocycles. The smallest absolute Gasteiger partial charge is 1.00 e. The number of halogens is 2. The molecule has 1 aliphatic rings. The molecule has 0 fully saturated rings. The molecule has 0 unspecified atom stereocenters. The summed E-state index contributed by atoms with van der Waals surface area (Å²) in [6, 6.07) is 1.56. The van der Waals surface area contributed by atoms with Gasteiger partial charge in [0.05, 0.1) is 21.2 Å². The van der Waals surface area contributed by atoms with E-state index in [1.165, 1.54) is 6.08 Å². The third kappa shape index (κ3) is 13.0. The van der Waals surface area contributed by atoms with Crippen LogP contribution in [0.4, 0.5) is 5.69 Å².